The average molecular weight is 316 g/mol. The summed E-state index contributed by atoms with van der Waals surface area (Å²) in [6.45, 7) is 3.10. The second kappa shape index (κ2) is 7.46. The number of benzene rings is 1. The summed E-state index contributed by atoms with van der Waals surface area (Å²) in [5.41, 5.74) is 0.885. The minimum atomic E-state index is -1.86. The Kier molecular flexibility index (Phi) is 5.86. The molecule has 22 heavy (non-hydrogen) atoms. The van der Waals surface area contributed by atoms with Crippen LogP contribution in [0.25, 0.3) is 0 Å². The van der Waals surface area contributed by atoms with Gasteiger partial charge in [-0.25, -0.2) is 8.78 Å². The molecule has 1 fully saturated rings. The van der Waals surface area contributed by atoms with E-state index in [2.05, 4.69) is 0 Å². The molecule has 4 atom stereocenters. The number of ether oxygens (including phenoxy) is 3. The minimum Gasteiger partial charge on any atom is -0.387 e. The molecule has 1 aromatic carbocycles. The van der Waals surface area contributed by atoms with Gasteiger partial charge in [-0.2, -0.15) is 0 Å². The SMILES string of the molecule is CC1(C)OC[C@H]([C@@H](F)[C@@H](O)[C@@H](F)COCc2ccccc2)O1. The van der Waals surface area contributed by atoms with Crippen LogP contribution in [0.3, 0.4) is 0 Å². The highest BCUT2D eigenvalue weighted by molar-refractivity contribution is 5.13. The van der Waals surface area contributed by atoms with Crippen molar-refractivity contribution in [3.05, 3.63) is 35.9 Å². The van der Waals surface area contributed by atoms with Crippen molar-refractivity contribution in [2.75, 3.05) is 13.2 Å². The molecule has 0 radical (unpaired) electrons. The van der Waals surface area contributed by atoms with Gasteiger partial charge in [0.1, 0.15) is 12.2 Å². The molecule has 6 heteroatoms. The zero-order chi connectivity index (χ0) is 16.2. The molecule has 1 aliphatic heterocycles. The van der Waals surface area contributed by atoms with Gasteiger partial charge in [0.15, 0.2) is 18.1 Å². The first-order valence-corrected chi connectivity index (χ1v) is 7.29. The van der Waals surface area contributed by atoms with Crippen molar-refractivity contribution < 1.29 is 28.1 Å². The summed E-state index contributed by atoms with van der Waals surface area (Å²) < 4.78 is 43.7. The minimum absolute atomic E-state index is 0.0111. The molecule has 0 unspecified atom stereocenters. The largest absolute Gasteiger partial charge is 0.387 e. The van der Waals surface area contributed by atoms with Crippen molar-refractivity contribution in [2.45, 2.75) is 50.8 Å². The fourth-order valence-corrected chi connectivity index (χ4v) is 2.25. The maximum atomic E-state index is 14.1. The van der Waals surface area contributed by atoms with Gasteiger partial charge >= 0.3 is 0 Å². The Hall–Kier alpha value is -1.08. The Morgan fingerprint density at radius 2 is 2.00 bits per heavy atom. The van der Waals surface area contributed by atoms with Crippen molar-refractivity contribution in [1.82, 2.24) is 0 Å². The number of halogens is 2. The number of hydrogen-bond acceptors (Lipinski definition) is 4. The lowest BCUT2D eigenvalue weighted by Gasteiger charge is -2.24. The zero-order valence-corrected chi connectivity index (χ0v) is 12.7. The lowest BCUT2D eigenvalue weighted by Crippen LogP contribution is -2.43. The van der Waals surface area contributed by atoms with Crippen LogP contribution in [-0.2, 0) is 20.8 Å². The van der Waals surface area contributed by atoms with Crippen LogP contribution in [0.5, 0.6) is 0 Å². The smallest absolute Gasteiger partial charge is 0.163 e. The van der Waals surface area contributed by atoms with Gasteiger partial charge in [-0.15, -0.1) is 0 Å². The van der Waals surface area contributed by atoms with Gasteiger partial charge in [0, 0.05) is 0 Å². The van der Waals surface area contributed by atoms with Gasteiger partial charge in [0.2, 0.25) is 0 Å². The number of hydrogen-bond donors (Lipinski definition) is 1. The topological polar surface area (TPSA) is 47.9 Å². The van der Waals surface area contributed by atoms with Crippen LogP contribution >= 0.6 is 0 Å². The highest BCUT2D eigenvalue weighted by Gasteiger charge is 2.42. The summed E-state index contributed by atoms with van der Waals surface area (Å²) in [6.07, 6.45) is -6.47. The number of rotatable bonds is 7. The van der Waals surface area contributed by atoms with Crippen LogP contribution in [-0.4, -0.2) is 48.7 Å². The molecule has 1 N–H and O–H groups in total. The van der Waals surface area contributed by atoms with Crippen molar-refractivity contribution in [1.29, 1.82) is 0 Å². The molecule has 1 saturated heterocycles. The first-order valence-electron chi connectivity index (χ1n) is 7.29. The lowest BCUT2D eigenvalue weighted by atomic mass is 10.1. The third-order valence-corrected chi connectivity index (χ3v) is 3.47. The van der Waals surface area contributed by atoms with Crippen LogP contribution in [0.1, 0.15) is 19.4 Å². The van der Waals surface area contributed by atoms with Crippen LogP contribution in [0.4, 0.5) is 8.78 Å². The highest BCUT2D eigenvalue weighted by atomic mass is 19.1. The van der Waals surface area contributed by atoms with E-state index in [1.54, 1.807) is 13.8 Å². The summed E-state index contributed by atoms with van der Waals surface area (Å²) in [7, 11) is 0. The molecule has 0 aliphatic carbocycles. The quantitative estimate of drug-likeness (QED) is 0.839. The summed E-state index contributed by atoms with van der Waals surface area (Å²) in [4.78, 5) is 0. The molecule has 4 nitrogen and oxygen atoms in total. The van der Waals surface area contributed by atoms with Crippen molar-refractivity contribution in [3.8, 4) is 0 Å². The molecular formula is C16H22F2O4. The van der Waals surface area contributed by atoms with E-state index in [1.165, 1.54) is 0 Å². The third kappa shape index (κ3) is 4.71. The Labute approximate surface area is 129 Å². The van der Waals surface area contributed by atoms with E-state index in [-0.39, 0.29) is 19.8 Å². The van der Waals surface area contributed by atoms with Gasteiger partial charge in [-0.05, 0) is 19.4 Å². The predicted molar refractivity (Wildman–Crippen MR) is 76.8 cm³/mol. The van der Waals surface area contributed by atoms with Crippen LogP contribution in [0.15, 0.2) is 30.3 Å². The van der Waals surface area contributed by atoms with E-state index in [4.69, 9.17) is 14.2 Å². The predicted octanol–water partition coefficient (Wildman–Crippen LogP) is 2.39. The third-order valence-electron chi connectivity index (χ3n) is 3.47. The summed E-state index contributed by atoms with van der Waals surface area (Å²) in [5.74, 6) is -0.912. The van der Waals surface area contributed by atoms with E-state index < -0.39 is 30.3 Å². The summed E-state index contributed by atoms with van der Waals surface area (Å²) >= 11 is 0. The van der Waals surface area contributed by atoms with Gasteiger partial charge in [-0.1, -0.05) is 30.3 Å². The fraction of sp³-hybridized carbons (Fsp3) is 0.625. The first kappa shape index (κ1) is 17.3. The van der Waals surface area contributed by atoms with E-state index in [0.29, 0.717) is 0 Å². The second-order valence-electron chi connectivity index (χ2n) is 5.82. The maximum absolute atomic E-state index is 14.1. The number of alkyl halides is 2. The fourth-order valence-electron chi connectivity index (χ4n) is 2.25. The molecule has 0 amide bonds. The second-order valence-corrected chi connectivity index (χ2v) is 5.82. The van der Waals surface area contributed by atoms with E-state index >= 15 is 0 Å². The molecule has 1 aliphatic rings. The van der Waals surface area contributed by atoms with E-state index in [9.17, 15) is 13.9 Å². The van der Waals surface area contributed by atoms with Gasteiger partial charge in [0.05, 0.1) is 19.8 Å². The van der Waals surface area contributed by atoms with Crippen molar-refractivity contribution in [2.24, 2.45) is 0 Å². The Morgan fingerprint density at radius 1 is 1.32 bits per heavy atom. The molecule has 2 rings (SSSR count). The van der Waals surface area contributed by atoms with Crippen LogP contribution in [0.2, 0.25) is 0 Å². The average Bonchev–Trinajstić information content (AvgIpc) is 2.87. The maximum Gasteiger partial charge on any atom is 0.163 e. The number of aliphatic hydroxyl groups is 1. The summed E-state index contributed by atoms with van der Waals surface area (Å²) in [6, 6.07) is 9.24. The van der Waals surface area contributed by atoms with Crippen molar-refractivity contribution in [3.63, 3.8) is 0 Å². The highest BCUT2D eigenvalue weighted by Crippen LogP contribution is 2.27. The normalized spacial score (nSPS) is 24.9. The van der Waals surface area contributed by atoms with Gasteiger partial charge in [0.25, 0.3) is 0 Å². The van der Waals surface area contributed by atoms with Gasteiger partial charge < -0.3 is 19.3 Å². The molecule has 0 saturated carbocycles. The van der Waals surface area contributed by atoms with Crippen LogP contribution in [0, 0.1) is 0 Å². The molecule has 0 aromatic heterocycles. The Balaban J connectivity index is 1.75. The zero-order valence-electron chi connectivity index (χ0n) is 12.7. The van der Waals surface area contributed by atoms with E-state index in [0.717, 1.165) is 5.56 Å². The lowest BCUT2D eigenvalue weighted by molar-refractivity contribution is -0.156. The first-order chi connectivity index (χ1) is 10.4. The molecule has 124 valence electrons. The number of aliphatic hydroxyl groups excluding tert-OH is 1. The molecular weight excluding hydrogens is 294 g/mol. The molecule has 1 heterocycles. The van der Waals surface area contributed by atoms with Crippen molar-refractivity contribution >= 4 is 0 Å². The Morgan fingerprint density at radius 3 is 2.59 bits per heavy atom. The standard InChI is InChI=1S/C16H22F2O4/c1-16(2)21-10-13(22-16)14(18)15(19)12(17)9-20-8-11-6-4-3-5-7-11/h3-7,12-15,19H,8-10H2,1-2H3/t12-,13+,14+,15-/m0/s1. The monoisotopic (exact) mass is 316 g/mol. The molecule has 0 spiro atoms. The van der Waals surface area contributed by atoms with Crippen LogP contribution < -0.4 is 0 Å². The van der Waals surface area contributed by atoms with E-state index in [1.807, 2.05) is 30.3 Å². The Bertz CT molecular complexity index is 455. The molecule has 1 aromatic rings. The molecule has 0 bridgehead atoms. The van der Waals surface area contributed by atoms with Gasteiger partial charge in [-0.3, -0.25) is 0 Å². The summed E-state index contributed by atoms with van der Waals surface area (Å²) in [5, 5.41) is 9.75.